The Labute approximate surface area is 405 Å². The fourth-order valence-corrected chi connectivity index (χ4v) is 8.27. The monoisotopic (exact) mass is 941 g/mol. The van der Waals surface area contributed by atoms with E-state index >= 15 is 0 Å². The molecule has 0 amide bonds. The smallest absolute Gasteiger partial charge is 0.465 e. The van der Waals surface area contributed by atoms with Crippen LogP contribution in [0.15, 0.2) is 0 Å². The van der Waals surface area contributed by atoms with E-state index in [1.165, 1.54) is 77.0 Å². The minimum atomic E-state index is -0.704. The molecule has 0 aromatic heterocycles. The Kier molecular flexibility index (Phi) is 44.3. The third-order valence-corrected chi connectivity index (χ3v) is 12.8. The third-order valence-electron chi connectivity index (χ3n) is 12.8. The standard InChI is InChI=1S/C54H104N2O10/c1-9-17-23-29-47(30-24-18-10-2)45-63-51(57)37-27-35-49(33-21-13-5)65-53(59)61-43-41-56(40-39-55(15-7)16-8)42-44-62-54(60)66-50(34-22-14-6)36-28-38-52(58)64-46-48(31-25-19-11-3)32-26-20-12-4/h47-50H,9-46H2,1-8H3. The average molecular weight is 941 g/mol. The third kappa shape index (κ3) is 38.4. The summed E-state index contributed by atoms with van der Waals surface area (Å²) in [5.41, 5.74) is 0. The molecular weight excluding hydrogens is 837 g/mol. The summed E-state index contributed by atoms with van der Waals surface area (Å²) in [6.07, 6.45) is 24.8. The number of likely N-dealkylation sites (N-methyl/N-ethyl adjacent to an activating group) is 1. The Morgan fingerprint density at radius 2 is 0.697 bits per heavy atom. The topological polar surface area (TPSA) is 130 Å². The van der Waals surface area contributed by atoms with Crippen molar-refractivity contribution in [2.45, 2.75) is 247 Å². The van der Waals surface area contributed by atoms with Gasteiger partial charge >= 0.3 is 24.2 Å². The molecule has 0 N–H and O–H groups in total. The zero-order valence-electron chi connectivity index (χ0n) is 44.2. The molecule has 2 unspecified atom stereocenters. The molecule has 0 aliphatic rings. The summed E-state index contributed by atoms with van der Waals surface area (Å²) >= 11 is 0. The van der Waals surface area contributed by atoms with Crippen LogP contribution in [0.2, 0.25) is 0 Å². The summed E-state index contributed by atoms with van der Waals surface area (Å²) < 4.78 is 34.2. The minimum absolute atomic E-state index is 0.131. The Bertz CT molecular complexity index is 1040. The van der Waals surface area contributed by atoms with Gasteiger partial charge in [0.15, 0.2) is 0 Å². The van der Waals surface area contributed by atoms with Crippen molar-refractivity contribution in [2.75, 3.05) is 65.7 Å². The first-order valence-corrected chi connectivity index (χ1v) is 27.5. The molecule has 0 spiro atoms. The van der Waals surface area contributed by atoms with Crippen molar-refractivity contribution in [2.24, 2.45) is 11.8 Å². The molecule has 12 heteroatoms. The molecule has 0 fully saturated rings. The highest BCUT2D eigenvalue weighted by molar-refractivity contribution is 5.69. The zero-order chi connectivity index (χ0) is 48.9. The Morgan fingerprint density at radius 3 is 1.03 bits per heavy atom. The van der Waals surface area contributed by atoms with Crippen molar-refractivity contribution < 1.29 is 47.6 Å². The maximum absolute atomic E-state index is 12.9. The number of hydrogen-bond donors (Lipinski definition) is 0. The molecule has 390 valence electrons. The molecule has 0 bridgehead atoms. The van der Waals surface area contributed by atoms with Gasteiger partial charge in [-0.05, 0) is 89.1 Å². The Balaban J connectivity index is 5.04. The molecule has 0 saturated carbocycles. The van der Waals surface area contributed by atoms with Crippen LogP contribution in [0.3, 0.4) is 0 Å². The van der Waals surface area contributed by atoms with Crippen molar-refractivity contribution in [1.29, 1.82) is 0 Å². The molecule has 66 heavy (non-hydrogen) atoms. The Morgan fingerprint density at radius 1 is 0.364 bits per heavy atom. The number of carbonyl (C=O) groups excluding carboxylic acids is 4. The minimum Gasteiger partial charge on any atom is -0.465 e. The molecule has 12 nitrogen and oxygen atoms in total. The number of unbranched alkanes of at least 4 members (excludes halogenated alkanes) is 10. The molecule has 2 atom stereocenters. The van der Waals surface area contributed by atoms with Crippen LogP contribution in [-0.2, 0) is 38.0 Å². The number of rotatable bonds is 47. The van der Waals surface area contributed by atoms with E-state index in [-0.39, 0.29) is 37.4 Å². The molecule has 0 aliphatic carbocycles. The summed E-state index contributed by atoms with van der Waals surface area (Å²) in [4.78, 5) is 55.7. The Hall–Kier alpha value is -2.60. The van der Waals surface area contributed by atoms with E-state index in [0.29, 0.717) is 96.1 Å². The predicted molar refractivity (Wildman–Crippen MR) is 269 cm³/mol. The fourth-order valence-electron chi connectivity index (χ4n) is 8.27. The number of esters is 2. The SMILES string of the molecule is CCCCCC(CCCCC)COC(=O)CCCC(CCCC)OC(=O)OCCN(CCOC(=O)OC(CCCC)CCCC(=O)OCC(CCCCC)CCCCC)CCN(CC)CC. The highest BCUT2D eigenvalue weighted by Gasteiger charge is 2.20. The van der Waals surface area contributed by atoms with Crippen LogP contribution in [0, 0.1) is 11.8 Å². The van der Waals surface area contributed by atoms with Crippen LogP contribution in [0.4, 0.5) is 9.59 Å². The van der Waals surface area contributed by atoms with Gasteiger partial charge in [0, 0.05) is 39.0 Å². The first kappa shape index (κ1) is 63.4. The van der Waals surface area contributed by atoms with Crippen LogP contribution >= 0.6 is 0 Å². The van der Waals surface area contributed by atoms with Crippen molar-refractivity contribution in [3.63, 3.8) is 0 Å². The van der Waals surface area contributed by atoms with Gasteiger partial charge in [-0.15, -0.1) is 0 Å². The van der Waals surface area contributed by atoms with E-state index in [4.69, 9.17) is 28.4 Å². The summed E-state index contributed by atoms with van der Waals surface area (Å²) in [6.45, 7) is 22.8. The molecule has 0 aromatic rings. The van der Waals surface area contributed by atoms with Gasteiger partial charge in [-0.2, -0.15) is 0 Å². The maximum Gasteiger partial charge on any atom is 0.508 e. The van der Waals surface area contributed by atoms with Gasteiger partial charge in [-0.3, -0.25) is 14.5 Å². The zero-order valence-corrected chi connectivity index (χ0v) is 44.2. The first-order valence-electron chi connectivity index (χ1n) is 27.5. The molecular formula is C54H104N2O10. The van der Waals surface area contributed by atoms with E-state index < -0.39 is 12.3 Å². The van der Waals surface area contributed by atoms with Crippen molar-refractivity contribution in [3.05, 3.63) is 0 Å². The second-order valence-corrected chi connectivity index (χ2v) is 18.7. The second kappa shape index (κ2) is 46.1. The molecule has 0 aromatic carbocycles. The molecule has 0 heterocycles. The normalized spacial score (nSPS) is 12.5. The first-order chi connectivity index (χ1) is 32.1. The number of nitrogens with zero attached hydrogens (tertiary/aromatic N) is 2. The van der Waals surface area contributed by atoms with E-state index in [9.17, 15) is 19.2 Å². The summed E-state index contributed by atoms with van der Waals surface area (Å²) in [7, 11) is 0. The quantitative estimate of drug-likeness (QED) is 0.0327. The van der Waals surface area contributed by atoms with Gasteiger partial charge in [0.2, 0.25) is 0 Å². The van der Waals surface area contributed by atoms with E-state index in [0.717, 1.165) is 71.0 Å². The van der Waals surface area contributed by atoms with Gasteiger partial charge < -0.3 is 33.3 Å². The lowest BCUT2D eigenvalue weighted by Crippen LogP contribution is -2.39. The van der Waals surface area contributed by atoms with E-state index in [1.54, 1.807) is 0 Å². The van der Waals surface area contributed by atoms with E-state index in [2.05, 4.69) is 65.2 Å². The van der Waals surface area contributed by atoms with Gasteiger partial charge in [-0.1, -0.05) is 158 Å². The number of hydrogen-bond acceptors (Lipinski definition) is 12. The largest absolute Gasteiger partial charge is 0.508 e. The van der Waals surface area contributed by atoms with E-state index in [1.807, 2.05) is 0 Å². The summed E-state index contributed by atoms with van der Waals surface area (Å²) in [5.74, 6) is 0.503. The molecule has 0 aliphatic heterocycles. The highest BCUT2D eigenvalue weighted by atomic mass is 16.7. The molecule has 0 saturated heterocycles. The van der Waals surface area contributed by atoms with Crippen molar-refractivity contribution in [1.82, 2.24) is 9.80 Å². The highest BCUT2D eigenvalue weighted by Crippen LogP contribution is 2.21. The van der Waals surface area contributed by atoms with Crippen LogP contribution in [0.5, 0.6) is 0 Å². The van der Waals surface area contributed by atoms with Crippen molar-refractivity contribution in [3.8, 4) is 0 Å². The van der Waals surface area contributed by atoms with Gasteiger partial charge in [0.1, 0.15) is 25.4 Å². The number of ether oxygens (including phenoxy) is 6. The summed E-state index contributed by atoms with van der Waals surface area (Å²) in [6, 6.07) is 0. The van der Waals surface area contributed by atoms with Crippen LogP contribution in [0.1, 0.15) is 235 Å². The predicted octanol–water partition coefficient (Wildman–Crippen LogP) is 14.0. The van der Waals surface area contributed by atoms with Gasteiger partial charge in [0.25, 0.3) is 0 Å². The second-order valence-electron chi connectivity index (χ2n) is 18.7. The van der Waals surface area contributed by atoms with Crippen molar-refractivity contribution >= 4 is 24.2 Å². The fraction of sp³-hybridized carbons (Fsp3) is 0.926. The van der Waals surface area contributed by atoms with Crippen LogP contribution in [-0.4, -0.2) is 112 Å². The number of carbonyl (C=O) groups is 4. The van der Waals surface area contributed by atoms with Gasteiger partial charge in [-0.25, -0.2) is 9.59 Å². The lowest BCUT2D eigenvalue weighted by atomic mass is 9.96. The lowest BCUT2D eigenvalue weighted by molar-refractivity contribution is -0.146. The summed E-state index contributed by atoms with van der Waals surface area (Å²) in [5, 5.41) is 0. The lowest BCUT2D eigenvalue weighted by Gasteiger charge is -2.26. The molecule has 0 rings (SSSR count). The van der Waals surface area contributed by atoms with Gasteiger partial charge in [0.05, 0.1) is 13.2 Å². The maximum atomic E-state index is 12.9. The van der Waals surface area contributed by atoms with Crippen LogP contribution in [0.25, 0.3) is 0 Å². The van der Waals surface area contributed by atoms with Crippen LogP contribution < -0.4 is 0 Å². The average Bonchev–Trinajstić information content (AvgIpc) is 3.30. The molecule has 0 radical (unpaired) electrons.